The normalized spacial score (nSPS) is 12.7. The molecular weight excluding hydrogens is 222 g/mol. The van der Waals surface area contributed by atoms with Crippen LogP contribution in [0.15, 0.2) is 24.3 Å². The van der Waals surface area contributed by atoms with E-state index in [0.717, 1.165) is 0 Å². The van der Waals surface area contributed by atoms with Gasteiger partial charge in [0.2, 0.25) is 0 Å². The van der Waals surface area contributed by atoms with Gasteiger partial charge in [0, 0.05) is 0 Å². The van der Waals surface area contributed by atoms with Crippen molar-refractivity contribution in [1.82, 2.24) is 6.15 Å². The minimum Gasteiger partial charge on any atom is -0.746 e. The zero-order chi connectivity index (χ0) is 10.8. The average Bonchev–Trinajstić information content (AvgIpc) is 2.15. The molecule has 1 rings (SSSR count). The Hall–Kier alpha value is -1.15. The van der Waals surface area contributed by atoms with E-state index < -0.39 is 15.6 Å². The second-order valence-electron chi connectivity index (χ2n) is 2.62. The molecule has 1 atom stereocenters. The van der Waals surface area contributed by atoms with E-state index >= 15 is 0 Å². The van der Waals surface area contributed by atoms with Crippen molar-refractivity contribution in [2.24, 2.45) is 0 Å². The first-order valence-electron chi connectivity index (χ1n) is 3.72. The van der Waals surface area contributed by atoms with Gasteiger partial charge in [0.05, 0.1) is 7.11 Å². The van der Waals surface area contributed by atoms with Gasteiger partial charge >= 0.3 is 0 Å². The monoisotopic (exact) mass is 235 g/mol. The Kier molecular flexibility index (Phi) is 4.69. The molecule has 0 aliphatic heterocycles. The second kappa shape index (κ2) is 5.08. The quantitative estimate of drug-likeness (QED) is 0.743. The van der Waals surface area contributed by atoms with Gasteiger partial charge in [0.1, 0.15) is 15.9 Å². The number of rotatable bonds is 3. The molecule has 86 valence electrons. The molecule has 0 amide bonds. The van der Waals surface area contributed by atoms with Crippen LogP contribution in [0.1, 0.15) is 11.0 Å². The van der Waals surface area contributed by atoms with Crippen LogP contribution in [0.4, 0.5) is 0 Å². The Balaban J connectivity index is 0.00000196. The lowest BCUT2D eigenvalue weighted by atomic mass is 10.2. The third-order valence-corrected chi connectivity index (χ3v) is 2.49. The number of aliphatic hydroxyl groups is 1. The molecule has 1 aromatic carbocycles. The summed E-state index contributed by atoms with van der Waals surface area (Å²) in [6, 6.07) is 5.56. The summed E-state index contributed by atoms with van der Waals surface area (Å²) in [4.78, 5) is 0. The van der Waals surface area contributed by atoms with Crippen molar-refractivity contribution in [2.45, 2.75) is 5.44 Å². The van der Waals surface area contributed by atoms with Crippen LogP contribution in [-0.2, 0) is 10.1 Å². The molecule has 5 N–H and O–H groups in total. The zero-order valence-electron chi connectivity index (χ0n) is 8.38. The van der Waals surface area contributed by atoms with Crippen molar-refractivity contribution >= 4 is 10.1 Å². The molecule has 0 spiro atoms. The van der Waals surface area contributed by atoms with E-state index in [4.69, 9.17) is 9.84 Å². The molecule has 0 aromatic heterocycles. The summed E-state index contributed by atoms with van der Waals surface area (Å²) in [5.41, 5.74) is -1.99. The van der Waals surface area contributed by atoms with Gasteiger partial charge in [-0.1, -0.05) is 12.1 Å². The second-order valence-corrected chi connectivity index (χ2v) is 4.05. The first-order chi connectivity index (χ1) is 6.45. The highest BCUT2D eigenvalue weighted by Gasteiger charge is 2.14. The summed E-state index contributed by atoms with van der Waals surface area (Å²) in [6.45, 7) is 0. The van der Waals surface area contributed by atoms with Crippen LogP contribution in [0.2, 0.25) is 0 Å². The fourth-order valence-corrected chi connectivity index (χ4v) is 1.43. The van der Waals surface area contributed by atoms with Crippen LogP contribution in [0.25, 0.3) is 0 Å². The number of hydrogen-bond donors (Lipinski definition) is 2. The van der Waals surface area contributed by atoms with Crippen LogP contribution in [0.5, 0.6) is 5.75 Å². The Bertz CT molecular complexity index is 400. The zero-order valence-corrected chi connectivity index (χ0v) is 9.19. The van der Waals surface area contributed by atoms with Gasteiger partial charge < -0.3 is 20.5 Å². The molecule has 0 heterocycles. The van der Waals surface area contributed by atoms with E-state index in [1.54, 1.807) is 0 Å². The molecule has 15 heavy (non-hydrogen) atoms. The first-order valence-corrected chi connectivity index (χ1v) is 5.19. The van der Waals surface area contributed by atoms with Gasteiger partial charge in [-0.05, 0) is 17.7 Å². The standard InChI is InChI=1S/C8H10O5S.H3N/c1-13-7-4-2-6(3-5-7)8(9)14(10,11)12;/h2-5,8-9H,1H3,(H,10,11,12);1H3. The van der Waals surface area contributed by atoms with Gasteiger partial charge in [0.25, 0.3) is 0 Å². The number of aliphatic hydroxyl groups excluding tert-OH is 1. The van der Waals surface area contributed by atoms with Crippen molar-refractivity contribution in [2.75, 3.05) is 7.11 Å². The summed E-state index contributed by atoms with van der Waals surface area (Å²) in [7, 11) is -3.26. The van der Waals surface area contributed by atoms with Crippen molar-refractivity contribution < 1.29 is 22.8 Å². The van der Waals surface area contributed by atoms with Gasteiger partial charge in [-0.15, -0.1) is 0 Å². The SMILES string of the molecule is COc1ccc(C(O)S(=O)(=O)[O-])cc1.[NH4+]. The number of quaternary nitrogens is 1. The molecule has 0 fully saturated rings. The summed E-state index contributed by atoms with van der Waals surface area (Å²) >= 11 is 0. The van der Waals surface area contributed by atoms with E-state index in [1.165, 1.54) is 31.4 Å². The van der Waals surface area contributed by atoms with E-state index in [2.05, 4.69) is 0 Å². The fourth-order valence-electron chi connectivity index (χ4n) is 0.935. The summed E-state index contributed by atoms with van der Waals surface area (Å²) in [5.74, 6) is 0.518. The molecule has 0 radical (unpaired) electrons. The van der Waals surface area contributed by atoms with E-state index in [1.807, 2.05) is 0 Å². The largest absolute Gasteiger partial charge is 0.746 e. The van der Waals surface area contributed by atoms with E-state index in [-0.39, 0.29) is 11.7 Å². The molecule has 0 bridgehead atoms. The van der Waals surface area contributed by atoms with Gasteiger partial charge in [-0.3, -0.25) is 0 Å². The molecule has 1 unspecified atom stereocenters. The van der Waals surface area contributed by atoms with Crippen LogP contribution in [0.3, 0.4) is 0 Å². The molecule has 1 aromatic rings. The maximum Gasteiger partial charge on any atom is 0.168 e. The van der Waals surface area contributed by atoms with E-state index in [9.17, 15) is 13.0 Å². The van der Waals surface area contributed by atoms with E-state index in [0.29, 0.717) is 5.75 Å². The van der Waals surface area contributed by atoms with Gasteiger partial charge in [0.15, 0.2) is 5.44 Å². The third kappa shape index (κ3) is 3.48. The Morgan fingerprint density at radius 3 is 2.13 bits per heavy atom. The lowest BCUT2D eigenvalue weighted by Crippen LogP contribution is -2.11. The predicted octanol–water partition coefficient (Wildman–Crippen LogP) is 0.608. The number of ether oxygens (including phenoxy) is 1. The molecule has 0 saturated carbocycles. The fraction of sp³-hybridized carbons (Fsp3) is 0.250. The highest BCUT2D eigenvalue weighted by Crippen LogP contribution is 2.20. The smallest absolute Gasteiger partial charge is 0.168 e. The number of methoxy groups -OCH3 is 1. The Labute approximate surface area is 87.8 Å². The van der Waals surface area contributed by atoms with Gasteiger partial charge in [-0.25, -0.2) is 8.42 Å². The topological polar surface area (TPSA) is 123 Å². The molecule has 0 aliphatic carbocycles. The summed E-state index contributed by atoms with van der Waals surface area (Å²) in [6.07, 6.45) is 0. The number of hydrogen-bond acceptors (Lipinski definition) is 5. The highest BCUT2D eigenvalue weighted by atomic mass is 32.2. The van der Waals surface area contributed by atoms with Crippen molar-refractivity contribution in [3.63, 3.8) is 0 Å². The molecular formula is C8H13NO5S. The minimum absolute atomic E-state index is 0. The molecule has 0 saturated heterocycles. The Morgan fingerprint density at radius 2 is 1.80 bits per heavy atom. The maximum atomic E-state index is 10.4. The van der Waals surface area contributed by atoms with Gasteiger partial charge in [-0.2, -0.15) is 0 Å². The van der Waals surface area contributed by atoms with Crippen molar-refractivity contribution in [3.8, 4) is 5.75 Å². The lowest BCUT2D eigenvalue weighted by molar-refractivity contribution is 0.236. The average molecular weight is 235 g/mol. The Morgan fingerprint density at radius 1 is 1.33 bits per heavy atom. The molecule has 7 heteroatoms. The van der Waals surface area contributed by atoms with Crippen molar-refractivity contribution in [3.05, 3.63) is 29.8 Å². The number of benzene rings is 1. The summed E-state index contributed by atoms with van der Waals surface area (Å²) in [5, 5.41) is 9.08. The third-order valence-electron chi connectivity index (χ3n) is 1.67. The van der Waals surface area contributed by atoms with Crippen LogP contribution in [0, 0.1) is 0 Å². The van der Waals surface area contributed by atoms with Crippen LogP contribution >= 0.6 is 0 Å². The highest BCUT2D eigenvalue weighted by molar-refractivity contribution is 7.85. The molecule has 0 aliphatic rings. The predicted molar refractivity (Wildman–Crippen MR) is 53.6 cm³/mol. The first kappa shape index (κ1) is 13.8. The molecule has 6 nitrogen and oxygen atoms in total. The van der Waals surface area contributed by atoms with Crippen LogP contribution < -0.4 is 10.9 Å². The maximum absolute atomic E-state index is 10.4. The lowest BCUT2D eigenvalue weighted by Gasteiger charge is -2.15. The summed E-state index contributed by atoms with van der Waals surface area (Å²) < 4.78 is 36.2. The minimum atomic E-state index is -4.71. The van der Waals surface area contributed by atoms with Crippen LogP contribution in [-0.4, -0.2) is 25.2 Å². The van der Waals surface area contributed by atoms with Crippen molar-refractivity contribution in [1.29, 1.82) is 0 Å².